The van der Waals surface area contributed by atoms with E-state index in [2.05, 4.69) is 10.5 Å². The molecule has 0 aliphatic carbocycles. The van der Waals surface area contributed by atoms with E-state index in [0.29, 0.717) is 41.9 Å². The summed E-state index contributed by atoms with van der Waals surface area (Å²) in [6, 6.07) is 12.7. The minimum absolute atomic E-state index is 0.0192. The van der Waals surface area contributed by atoms with Crippen molar-refractivity contribution in [3.63, 3.8) is 0 Å². The predicted octanol–water partition coefficient (Wildman–Crippen LogP) is 4.78. The van der Waals surface area contributed by atoms with Crippen LogP contribution in [0.4, 0.5) is 11.5 Å². The topological polar surface area (TPSA) is 126 Å². The Morgan fingerprint density at radius 2 is 1.97 bits per heavy atom. The van der Waals surface area contributed by atoms with Crippen molar-refractivity contribution in [3.8, 4) is 11.5 Å². The molecule has 0 saturated carbocycles. The molecule has 0 atom stereocenters. The molecule has 0 unspecified atom stereocenters. The number of amides is 1. The first kappa shape index (κ1) is 24.7. The predicted molar refractivity (Wildman–Crippen MR) is 124 cm³/mol. The van der Waals surface area contributed by atoms with Gasteiger partial charge in [-0.3, -0.25) is 14.9 Å². The molecule has 0 bridgehead atoms. The van der Waals surface area contributed by atoms with E-state index in [1.807, 2.05) is 13.8 Å². The molecule has 1 N–H and O–H groups in total. The minimum atomic E-state index is -0.462. The van der Waals surface area contributed by atoms with E-state index in [0.717, 1.165) is 12.8 Å². The number of non-ortho nitro benzene ring substituents is 1. The van der Waals surface area contributed by atoms with Crippen LogP contribution < -0.4 is 14.8 Å². The number of hydrogen-bond acceptors (Lipinski definition) is 8. The number of nitrogens with zero attached hydrogens (tertiary/aromatic N) is 2. The van der Waals surface area contributed by atoms with Gasteiger partial charge in [0.1, 0.15) is 30.5 Å². The molecule has 0 radical (unpaired) electrons. The van der Waals surface area contributed by atoms with Gasteiger partial charge in [0.15, 0.2) is 5.82 Å². The van der Waals surface area contributed by atoms with Crippen molar-refractivity contribution in [2.75, 3.05) is 25.1 Å². The van der Waals surface area contributed by atoms with Crippen LogP contribution in [-0.4, -0.2) is 35.8 Å². The Bertz CT molecular complexity index is 1110. The standard InChI is InChI=1S/C24H27N3O7/c1-3-6-20-15-23(26-34-20)25-24(28)21-14-19(9-10-22(21)32-12-11-31-4-2)33-16-17-7-5-8-18(13-17)27(29)30/h5,7-10,13-15H,3-4,6,11-12,16H2,1-2H3,(H,25,26,28). The number of nitrogens with one attached hydrogen (secondary N) is 1. The van der Waals surface area contributed by atoms with Gasteiger partial charge in [0.25, 0.3) is 11.6 Å². The molecule has 3 aromatic rings. The highest BCUT2D eigenvalue weighted by Crippen LogP contribution is 2.27. The highest BCUT2D eigenvalue weighted by Gasteiger charge is 2.17. The third-order valence-electron chi connectivity index (χ3n) is 4.71. The molecule has 3 rings (SSSR count). The Balaban J connectivity index is 1.76. The Hall–Kier alpha value is -3.92. The van der Waals surface area contributed by atoms with Crippen LogP contribution in [0.15, 0.2) is 53.1 Å². The van der Waals surface area contributed by atoms with Crippen molar-refractivity contribution >= 4 is 17.4 Å². The van der Waals surface area contributed by atoms with Crippen LogP contribution >= 0.6 is 0 Å². The largest absolute Gasteiger partial charge is 0.490 e. The average molecular weight is 469 g/mol. The molecule has 1 heterocycles. The molecule has 34 heavy (non-hydrogen) atoms. The second-order valence-electron chi connectivity index (χ2n) is 7.30. The van der Waals surface area contributed by atoms with Crippen LogP contribution in [0.25, 0.3) is 0 Å². The van der Waals surface area contributed by atoms with Crippen LogP contribution in [-0.2, 0) is 17.8 Å². The monoisotopic (exact) mass is 469 g/mol. The van der Waals surface area contributed by atoms with E-state index < -0.39 is 10.8 Å². The maximum absolute atomic E-state index is 13.0. The molecule has 1 aromatic heterocycles. The van der Waals surface area contributed by atoms with E-state index in [1.165, 1.54) is 12.1 Å². The SMILES string of the molecule is CCCc1cc(NC(=O)c2cc(OCc3cccc([N+](=O)[O-])c3)ccc2OCCOCC)no1. The second kappa shape index (κ2) is 12.4. The van der Waals surface area contributed by atoms with Gasteiger partial charge in [0, 0.05) is 31.2 Å². The van der Waals surface area contributed by atoms with Gasteiger partial charge in [-0.15, -0.1) is 0 Å². The summed E-state index contributed by atoms with van der Waals surface area (Å²) in [5, 5.41) is 17.6. The zero-order valence-corrected chi connectivity index (χ0v) is 19.1. The van der Waals surface area contributed by atoms with E-state index in [9.17, 15) is 14.9 Å². The zero-order valence-electron chi connectivity index (χ0n) is 19.1. The maximum Gasteiger partial charge on any atom is 0.269 e. The lowest BCUT2D eigenvalue weighted by molar-refractivity contribution is -0.384. The van der Waals surface area contributed by atoms with Gasteiger partial charge in [-0.25, -0.2) is 0 Å². The van der Waals surface area contributed by atoms with Gasteiger partial charge in [0.2, 0.25) is 0 Å². The minimum Gasteiger partial charge on any atom is -0.490 e. The number of carbonyl (C=O) groups is 1. The third kappa shape index (κ3) is 7.04. The molecular formula is C24H27N3O7. The van der Waals surface area contributed by atoms with Crippen LogP contribution in [0.3, 0.4) is 0 Å². The van der Waals surface area contributed by atoms with Crippen molar-refractivity contribution in [1.82, 2.24) is 5.16 Å². The summed E-state index contributed by atoms with van der Waals surface area (Å²) >= 11 is 0. The fraction of sp³-hybridized carbons (Fsp3) is 0.333. The lowest BCUT2D eigenvalue weighted by Gasteiger charge is -2.13. The maximum atomic E-state index is 13.0. The lowest BCUT2D eigenvalue weighted by Crippen LogP contribution is -2.15. The van der Waals surface area contributed by atoms with Crippen LogP contribution in [0.5, 0.6) is 11.5 Å². The highest BCUT2D eigenvalue weighted by atomic mass is 16.6. The van der Waals surface area contributed by atoms with E-state index in [1.54, 1.807) is 36.4 Å². The zero-order chi connectivity index (χ0) is 24.3. The molecule has 0 aliphatic rings. The molecular weight excluding hydrogens is 442 g/mol. The van der Waals surface area contributed by atoms with E-state index >= 15 is 0 Å². The van der Waals surface area contributed by atoms with Crippen LogP contribution in [0, 0.1) is 10.1 Å². The molecule has 0 aliphatic heterocycles. The molecule has 10 nitrogen and oxygen atoms in total. The number of benzene rings is 2. The third-order valence-corrected chi connectivity index (χ3v) is 4.71. The average Bonchev–Trinajstić information content (AvgIpc) is 3.28. The summed E-state index contributed by atoms with van der Waals surface area (Å²) in [6.07, 6.45) is 1.61. The van der Waals surface area contributed by atoms with Gasteiger partial charge in [-0.05, 0) is 37.1 Å². The quantitative estimate of drug-likeness (QED) is 0.215. The summed E-state index contributed by atoms with van der Waals surface area (Å²) in [4.78, 5) is 23.5. The Labute approximate surface area is 197 Å². The number of aryl methyl sites for hydroxylation is 1. The normalized spacial score (nSPS) is 10.6. The van der Waals surface area contributed by atoms with Crippen LogP contribution in [0.1, 0.15) is 41.9 Å². The number of hydrogen-bond donors (Lipinski definition) is 1. The van der Waals surface area contributed by atoms with Gasteiger partial charge in [-0.2, -0.15) is 0 Å². The first-order valence-electron chi connectivity index (χ1n) is 11.0. The van der Waals surface area contributed by atoms with Crippen molar-refractivity contribution in [2.24, 2.45) is 0 Å². The van der Waals surface area contributed by atoms with Gasteiger partial charge in [-0.1, -0.05) is 24.2 Å². The van der Waals surface area contributed by atoms with Gasteiger partial charge in [0.05, 0.1) is 17.1 Å². The fourth-order valence-corrected chi connectivity index (χ4v) is 3.10. The lowest BCUT2D eigenvalue weighted by atomic mass is 10.1. The van der Waals surface area contributed by atoms with Gasteiger partial charge < -0.3 is 24.1 Å². The summed E-state index contributed by atoms with van der Waals surface area (Å²) in [7, 11) is 0. The summed E-state index contributed by atoms with van der Waals surface area (Å²) in [6.45, 7) is 5.21. The van der Waals surface area contributed by atoms with Gasteiger partial charge >= 0.3 is 0 Å². The molecule has 1 amide bonds. The molecule has 180 valence electrons. The van der Waals surface area contributed by atoms with Crippen molar-refractivity contribution in [3.05, 3.63) is 75.5 Å². The smallest absolute Gasteiger partial charge is 0.269 e. The number of nitro benzene ring substituents is 1. The Morgan fingerprint density at radius 1 is 1.12 bits per heavy atom. The first-order chi connectivity index (χ1) is 16.5. The molecule has 0 saturated heterocycles. The number of rotatable bonds is 13. The number of ether oxygens (including phenoxy) is 3. The highest BCUT2D eigenvalue weighted by molar-refractivity contribution is 6.06. The molecule has 0 fully saturated rings. The van der Waals surface area contributed by atoms with Crippen molar-refractivity contribution < 1.29 is 28.5 Å². The summed E-state index contributed by atoms with van der Waals surface area (Å²) in [5.74, 6) is 1.30. The number of carbonyl (C=O) groups excluding carboxylic acids is 1. The Kier molecular flexibility index (Phi) is 8.98. The summed E-state index contributed by atoms with van der Waals surface area (Å²) in [5.41, 5.74) is 0.852. The van der Waals surface area contributed by atoms with E-state index in [-0.39, 0.29) is 24.5 Å². The Morgan fingerprint density at radius 3 is 2.74 bits per heavy atom. The van der Waals surface area contributed by atoms with Crippen molar-refractivity contribution in [1.29, 1.82) is 0 Å². The fourth-order valence-electron chi connectivity index (χ4n) is 3.10. The number of nitro groups is 1. The molecule has 2 aromatic carbocycles. The first-order valence-corrected chi connectivity index (χ1v) is 11.0. The summed E-state index contributed by atoms with van der Waals surface area (Å²) < 4.78 is 22.0. The van der Waals surface area contributed by atoms with E-state index in [4.69, 9.17) is 18.7 Å². The second-order valence-corrected chi connectivity index (χ2v) is 7.30. The molecule has 10 heteroatoms. The van der Waals surface area contributed by atoms with Crippen LogP contribution in [0.2, 0.25) is 0 Å². The van der Waals surface area contributed by atoms with Crippen molar-refractivity contribution in [2.45, 2.75) is 33.3 Å². The molecule has 0 spiro atoms. The number of anilines is 1. The number of aromatic nitrogens is 1.